The molecule has 0 atom stereocenters. The predicted octanol–water partition coefficient (Wildman–Crippen LogP) is 29.0. The van der Waals surface area contributed by atoms with Crippen LogP contribution in [0.5, 0.6) is 0 Å². The molecule has 0 amide bonds. The van der Waals surface area contributed by atoms with Gasteiger partial charge in [-0.15, -0.1) is 0 Å². The molecule has 0 aliphatic carbocycles. The third kappa shape index (κ3) is 131. The van der Waals surface area contributed by atoms with E-state index in [-0.39, 0.29) is 32.3 Å². The van der Waals surface area contributed by atoms with E-state index >= 15 is 0 Å². The zero-order valence-electron chi connectivity index (χ0n) is 69.0. The molecule has 101 heavy (non-hydrogen) atoms. The summed E-state index contributed by atoms with van der Waals surface area (Å²) in [5, 5.41) is 46.0. The molecule has 0 saturated heterocycles. The summed E-state index contributed by atoms with van der Waals surface area (Å²) in [6.45, 7) is 11.3. The predicted molar refractivity (Wildman–Crippen MR) is 431 cm³/mol. The van der Waals surface area contributed by atoms with Crippen LogP contribution in [-0.2, 0) is 43.5 Å². The Labute approximate surface area is 643 Å². The minimum absolute atomic E-state index is 0. The summed E-state index contributed by atoms with van der Waals surface area (Å²) in [4.78, 5) is 51.4. The molecule has 0 fully saturated rings. The molecule has 0 spiro atoms. The summed E-state index contributed by atoms with van der Waals surface area (Å²) < 4.78 is 0. The van der Waals surface area contributed by atoms with Crippen molar-refractivity contribution >= 4 is 29.8 Å². The Bertz CT molecular complexity index is 1270. The van der Waals surface area contributed by atoms with Crippen molar-refractivity contribution < 1.29 is 69.0 Å². The van der Waals surface area contributed by atoms with Crippen LogP contribution in [0.2, 0.25) is 0 Å². The number of carboxylic acids is 5. The molecule has 0 aromatic heterocycles. The molecule has 3 N–H and O–H groups in total. The third-order valence-electron chi connectivity index (χ3n) is 20.0. The van der Waals surface area contributed by atoms with Gasteiger partial charge in [0.05, 0.1) is 0 Å². The molecular formula is C90H178O10Zn. The smallest absolute Gasteiger partial charge is 0.550 e. The van der Waals surface area contributed by atoms with Crippen molar-refractivity contribution in [1.82, 2.24) is 0 Å². The van der Waals surface area contributed by atoms with Crippen LogP contribution < -0.4 is 10.2 Å². The molecule has 0 aromatic rings. The van der Waals surface area contributed by atoms with Crippen molar-refractivity contribution in [2.45, 2.75) is 548 Å². The maximum Gasteiger partial charge on any atom is 2.00 e. The van der Waals surface area contributed by atoms with Crippen molar-refractivity contribution in [3.63, 3.8) is 0 Å². The van der Waals surface area contributed by atoms with E-state index in [1.807, 2.05) is 0 Å². The van der Waals surface area contributed by atoms with Gasteiger partial charge in [0, 0.05) is 31.2 Å². The van der Waals surface area contributed by atoms with Gasteiger partial charge in [-0.3, -0.25) is 14.4 Å². The van der Waals surface area contributed by atoms with Crippen molar-refractivity contribution in [2.24, 2.45) is 0 Å². The van der Waals surface area contributed by atoms with E-state index in [1.165, 1.54) is 417 Å². The molecule has 0 unspecified atom stereocenters. The van der Waals surface area contributed by atoms with Crippen LogP contribution in [0.25, 0.3) is 0 Å². The standard InChI is InChI=1S/5C18H36O2.Zn/c5*1-2-3-4-5-6-7-8-9-10-11-12-13-14-15-16-17-18(19)20;/h5*2-17H2,1H3,(H,19,20);/q;;;;;+2/p-2. The second kappa shape index (κ2) is 107. The Balaban J connectivity index is -0.000000279. The first-order valence-corrected chi connectivity index (χ1v) is 44.9. The Kier molecular flexibility index (Phi) is 116. The first-order valence-electron chi connectivity index (χ1n) is 44.9. The van der Waals surface area contributed by atoms with Crippen LogP contribution in [0.3, 0.4) is 0 Å². The van der Waals surface area contributed by atoms with Gasteiger partial charge in [-0.1, -0.05) is 484 Å². The first kappa shape index (κ1) is 110. The summed E-state index contributed by atoms with van der Waals surface area (Å²) in [5.74, 6) is -3.77. The average Bonchev–Trinajstić information content (AvgIpc) is 3.67. The van der Waals surface area contributed by atoms with E-state index in [2.05, 4.69) is 34.6 Å². The van der Waals surface area contributed by atoms with Crippen molar-refractivity contribution in [3.05, 3.63) is 0 Å². The minimum atomic E-state index is -0.903. The third-order valence-corrected chi connectivity index (χ3v) is 20.0. The summed E-state index contributed by atoms with van der Waals surface area (Å²) in [6, 6.07) is 0. The number of aliphatic carboxylic acids is 5. The van der Waals surface area contributed by atoms with E-state index in [1.54, 1.807) is 0 Å². The van der Waals surface area contributed by atoms with Gasteiger partial charge in [0.1, 0.15) is 0 Å². The van der Waals surface area contributed by atoms with Gasteiger partial charge < -0.3 is 35.1 Å². The van der Waals surface area contributed by atoms with Crippen LogP contribution in [0.4, 0.5) is 0 Å². The fourth-order valence-corrected chi connectivity index (χ4v) is 13.2. The Morgan fingerprint density at radius 1 is 0.158 bits per heavy atom. The van der Waals surface area contributed by atoms with Gasteiger partial charge in [-0.05, 0) is 44.9 Å². The number of unbranched alkanes of at least 4 members (excludes halogenated alkanes) is 70. The van der Waals surface area contributed by atoms with Gasteiger partial charge in [0.15, 0.2) is 0 Å². The zero-order valence-corrected chi connectivity index (χ0v) is 71.9. The average molecular weight is 1490 g/mol. The van der Waals surface area contributed by atoms with Crippen LogP contribution in [0.1, 0.15) is 548 Å². The molecule has 0 saturated carbocycles. The maximum atomic E-state index is 10.3. The zero-order chi connectivity index (χ0) is 74.5. The van der Waals surface area contributed by atoms with Crippen molar-refractivity contribution in [3.8, 4) is 0 Å². The molecule has 10 nitrogen and oxygen atoms in total. The Morgan fingerprint density at radius 2 is 0.238 bits per heavy atom. The van der Waals surface area contributed by atoms with E-state index < -0.39 is 29.8 Å². The summed E-state index contributed by atoms with van der Waals surface area (Å²) in [6.07, 6.45) is 100. The van der Waals surface area contributed by atoms with Crippen LogP contribution in [0, 0.1) is 0 Å². The summed E-state index contributed by atoms with van der Waals surface area (Å²) in [7, 11) is 0. The first-order chi connectivity index (χ1) is 48.9. The molecular weight excluding hydrogens is 1310 g/mol. The largest absolute Gasteiger partial charge is 2.00 e. The molecule has 0 heterocycles. The number of hydrogen-bond acceptors (Lipinski definition) is 7. The molecule has 0 aliphatic rings. The number of carboxylic acid groups (broad SMARTS) is 5. The molecule has 0 aliphatic heterocycles. The van der Waals surface area contributed by atoms with Crippen LogP contribution in [-0.4, -0.2) is 45.2 Å². The van der Waals surface area contributed by atoms with Gasteiger partial charge >= 0.3 is 37.4 Å². The fraction of sp³-hybridized carbons (Fsp3) is 0.944. The van der Waals surface area contributed by atoms with E-state index in [0.29, 0.717) is 19.3 Å². The SMILES string of the molecule is CCCCCCCCCCCCCCCCCC(=O)O.CCCCCCCCCCCCCCCCCC(=O)O.CCCCCCCCCCCCCCCCCC(=O)O.CCCCCCCCCCCCCCCCCC(=O)[O-].CCCCCCCCCCCCCCCCCC(=O)[O-].[Zn+2]. The van der Waals surface area contributed by atoms with Gasteiger partial charge in [-0.2, -0.15) is 0 Å². The second-order valence-electron chi connectivity index (χ2n) is 30.4. The van der Waals surface area contributed by atoms with E-state index in [0.717, 1.165) is 64.2 Å². The molecule has 11 heteroatoms. The number of rotatable bonds is 80. The topological polar surface area (TPSA) is 192 Å². The fourth-order valence-electron chi connectivity index (χ4n) is 13.2. The summed E-state index contributed by atoms with van der Waals surface area (Å²) in [5.41, 5.74) is 0. The molecule has 0 bridgehead atoms. The van der Waals surface area contributed by atoms with Gasteiger partial charge in [0.25, 0.3) is 0 Å². The molecule has 0 aromatic carbocycles. The van der Waals surface area contributed by atoms with Crippen LogP contribution >= 0.6 is 0 Å². The normalized spacial score (nSPS) is 10.7. The molecule has 600 valence electrons. The minimum Gasteiger partial charge on any atom is -0.550 e. The Morgan fingerprint density at radius 3 is 0.317 bits per heavy atom. The second-order valence-corrected chi connectivity index (χ2v) is 30.4. The monoisotopic (exact) mass is 1480 g/mol. The van der Waals surface area contributed by atoms with Crippen molar-refractivity contribution in [2.75, 3.05) is 0 Å². The molecule has 0 rings (SSSR count). The quantitative estimate of drug-likeness (QED) is 0.0390. The number of carbonyl (C=O) groups is 5. The summed E-state index contributed by atoms with van der Waals surface area (Å²) >= 11 is 0. The molecule has 0 radical (unpaired) electrons. The number of carbonyl (C=O) groups excluding carboxylic acids is 2. The van der Waals surface area contributed by atoms with Gasteiger partial charge in [-0.25, -0.2) is 0 Å². The number of hydrogen-bond donors (Lipinski definition) is 3. The van der Waals surface area contributed by atoms with Gasteiger partial charge in [0.2, 0.25) is 0 Å². The maximum absolute atomic E-state index is 10.3. The van der Waals surface area contributed by atoms with E-state index in [4.69, 9.17) is 15.3 Å². The van der Waals surface area contributed by atoms with Crippen molar-refractivity contribution in [1.29, 1.82) is 0 Å². The Hall–Kier alpha value is -2.03. The van der Waals surface area contributed by atoms with E-state index in [9.17, 15) is 34.2 Å². The van der Waals surface area contributed by atoms with Crippen LogP contribution in [0.15, 0.2) is 0 Å².